The molecule has 0 saturated carbocycles. The van der Waals surface area contributed by atoms with Crippen molar-refractivity contribution >= 4 is 11.2 Å². The number of ether oxygens (including phenoxy) is 3. The van der Waals surface area contributed by atoms with Gasteiger partial charge >= 0.3 is 11.7 Å². The van der Waals surface area contributed by atoms with E-state index in [-0.39, 0.29) is 23.7 Å². The molecular weight excluding hydrogens is 407 g/mol. The lowest BCUT2D eigenvalue weighted by atomic mass is 10.2. The van der Waals surface area contributed by atoms with Crippen LogP contribution in [0.25, 0.3) is 16.9 Å². The Morgan fingerprint density at radius 1 is 1.00 bits per heavy atom. The zero-order chi connectivity index (χ0) is 22.1. The number of H-pyrrole nitrogens is 1. The first-order valence-corrected chi connectivity index (χ1v) is 9.23. The number of nitrogens with one attached hydrogen (secondary N) is 1. The second-order valence-electron chi connectivity index (χ2n) is 6.61. The van der Waals surface area contributed by atoms with Crippen LogP contribution in [0.5, 0.6) is 17.5 Å². The molecular formula is C21H19FN4O5. The maximum atomic E-state index is 13.4. The van der Waals surface area contributed by atoms with Gasteiger partial charge in [-0.15, -0.1) is 0 Å². The van der Waals surface area contributed by atoms with E-state index < -0.39 is 17.1 Å². The number of hydrogen-bond donors (Lipinski definition) is 1. The zero-order valence-corrected chi connectivity index (χ0v) is 17.0. The summed E-state index contributed by atoms with van der Waals surface area (Å²) in [6, 6.07) is 10.8. The summed E-state index contributed by atoms with van der Waals surface area (Å²) in [7, 11) is 4.44. The van der Waals surface area contributed by atoms with Crippen LogP contribution in [0.3, 0.4) is 0 Å². The van der Waals surface area contributed by atoms with Crippen molar-refractivity contribution in [1.82, 2.24) is 19.1 Å². The highest BCUT2D eigenvalue weighted by molar-refractivity contribution is 5.75. The molecule has 0 aliphatic rings. The van der Waals surface area contributed by atoms with Gasteiger partial charge in [0.1, 0.15) is 17.3 Å². The molecule has 0 amide bonds. The summed E-state index contributed by atoms with van der Waals surface area (Å²) in [6.07, 6.45) is 0. The molecule has 0 aliphatic heterocycles. The van der Waals surface area contributed by atoms with Crippen LogP contribution in [0.1, 0.15) is 5.56 Å². The summed E-state index contributed by atoms with van der Waals surface area (Å²) < 4.78 is 32.1. The van der Waals surface area contributed by atoms with Gasteiger partial charge in [-0.05, 0) is 36.4 Å². The molecule has 2 aromatic heterocycles. The van der Waals surface area contributed by atoms with E-state index in [4.69, 9.17) is 14.2 Å². The molecule has 0 atom stereocenters. The smallest absolute Gasteiger partial charge is 0.330 e. The van der Waals surface area contributed by atoms with E-state index in [1.54, 1.807) is 25.3 Å². The lowest BCUT2D eigenvalue weighted by Gasteiger charge is -2.12. The van der Waals surface area contributed by atoms with Crippen LogP contribution in [-0.2, 0) is 6.54 Å². The Hall–Kier alpha value is -4.08. The molecule has 4 rings (SSSR count). The number of methoxy groups -OCH3 is 3. The normalized spacial score (nSPS) is 11.0. The highest BCUT2D eigenvalue weighted by Gasteiger charge is 2.21. The van der Waals surface area contributed by atoms with Crippen molar-refractivity contribution in [3.63, 3.8) is 0 Å². The van der Waals surface area contributed by atoms with Crippen LogP contribution in [0.2, 0.25) is 0 Å². The van der Waals surface area contributed by atoms with E-state index in [1.807, 2.05) is 0 Å². The van der Waals surface area contributed by atoms with Gasteiger partial charge in [0.25, 0.3) is 5.56 Å². The van der Waals surface area contributed by atoms with Gasteiger partial charge in [-0.2, -0.15) is 4.98 Å². The van der Waals surface area contributed by atoms with Gasteiger partial charge in [0, 0.05) is 11.6 Å². The molecule has 0 aliphatic carbocycles. The van der Waals surface area contributed by atoms with Gasteiger partial charge in [0.05, 0.1) is 33.6 Å². The Labute approximate surface area is 175 Å². The summed E-state index contributed by atoms with van der Waals surface area (Å²) in [5.41, 5.74) is 0.0655. The van der Waals surface area contributed by atoms with Crippen molar-refractivity contribution < 1.29 is 18.6 Å². The van der Waals surface area contributed by atoms with E-state index in [1.165, 1.54) is 47.6 Å². The quantitative estimate of drug-likeness (QED) is 0.507. The highest BCUT2D eigenvalue weighted by Crippen LogP contribution is 2.27. The van der Waals surface area contributed by atoms with Gasteiger partial charge in [-0.3, -0.25) is 18.9 Å². The maximum Gasteiger partial charge on any atom is 0.330 e. The van der Waals surface area contributed by atoms with Crippen LogP contribution in [0.15, 0.2) is 52.1 Å². The summed E-state index contributed by atoms with van der Waals surface area (Å²) in [5, 5.41) is 0. The minimum absolute atomic E-state index is 0.0723. The Bertz CT molecular complexity index is 1370. The first kappa shape index (κ1) is 20.2. The van der Waals surface area contributed by atoms with Crippen molar-refractivity contribution in [1.29, 1.82) is 0 Å². The van der Waals surface area contributed by atoms with Gasteiger partial charge in [-0.1, -0.05) is 0 Å². The van der Waals surface area contributed by atoms with Crippen LogP contribution in [0, 0.1) is 5.82 Å². The number of benzene rings is 2. The second-order valence-corrected chi connectivity index (χ2v) is 6.61. The fourth-order valence-electron chi connectivity index (χ4n) is 3.37. The molecule has 0 fully saturated rings. The van der Waals surface area contributed by atoms with E-state index >= 15 is 0 Å². The van der Waals surface area contributed by atoms with Crippen molar-refractivity contribution in [2.45, 2.75) is 6.54 Å². The minimum atomic E-state index is -0.641. The summed E-state index contributed by atoms with van der Waals surface area (Å²) >= 11 is 0. The molecule has 4 aromatic rings. The van der Waals surface area contributed by atoms with Crippen LogP contribution in [0.4, 0.5) is 4.39 Å². The third-order valence-electron chi connectivity index (χ3n) is 4.85. The molecule has 0 bridgehead atoms. The van der Waals surface area contributed by atoms with E-state index in [0.717, 1.165) is 0 Å². The largest absolute Gasteiger partial charge is 0.497 e. The first-order chi connectivity index (χ1) is 15.0. The Morgan fingerprint density at radius 2 is 1.74 bits per heavy atom. The summed E-state index contributed by atoms with van der Waals surface area (Å²) in [5.74, 6) is 0.682. The molecule has 1 N–H and O–H groups in total. The number of aromatic nitrogens is 4. The van der Waals surface area contributed by atoms with E-state index in [0.29, 0.717) is 22.7 Å². The van der Waals surface area contributed by atoms with Gasteiger partial charge in [-0.25, -0.2) is 9.18 Å². The zero-order valence-electron chi connectivity index (χ0n) is 17.0. The molecule has 2 aromatic carbocycles. The van der Waals surface area contributed by atoms with Crippen LogP contribution < -0.4 is 25.5 Å². The van der Waals surface area contributed by atoms with Crippen molar-refractivity contribution in [2.24, 2.45) is 0 Å². The predicted octanol–water partition coefficient (Wildman–Crippen LogP) is 2.09. The predicted molar refractivity (Wildman–Crippen MR) is 111 cm³/mol. The van der Waals surface area contributed by atoms with Crippen LogP contribution in [-0.4, -0.2) is 40.4 Å². The van der Waals surface area contributed by atoms with Crippen molar-refractivity contribution in [3.05, 3.63) is 74.7 Å². The summed E-state index contributed by atoms with van der Waals surface area (Å²) in [4.78, 5) is 32.1. The van der Waals surface area contributed by atoms with Gasteiger partial charge in [0.15, 0.2) is 11.2 Å². The monoisotopic (exact) mass is 426 g/mol. The topological polar surface area (TPSA) is 100 Å². The lowest BCUT2D eigenvalue weighted by Crippen LogP contribution is -2.31. The van der Waals surface area contributed by atoms with E-state index in [9.17, 15) is 14.0 Å². The van der Waals surface area contributed by atoms with Crippen molar-refractivity contribution in [2.75, 3.05) is 21.3 Å². The number of aromatic amines is 1. The number of halogens is 1. The van der Waals surface area contributed by atoms with Gasteiger partial charge < -0.3 is 14.2 Å². The fourth-order valence-corrected chi connectivity index (χ4v) is 3.37. The highest BCUT2D eigenvalue weighted by atomic mass is 19.1. The Kier molecular flexibility index (Phi) is 5.20. The molecule has 2 heterocycles. The van der Waals surface area contributed by atoms with Crippen molar-refractivity contribution in [3.8, 4) is 23.2 Å². The molecule has 0 unspecified atom stereocenters. The SMILES string of the molecule is COc1ccc(Cn2c(=O)[nH]c(=O)c3c2nc(OC)n3-c2ccc(F)cc2)c(OC)c1. The molecule has 10 heteroatoms. The maximum absolute atomic E-state index is 13.4. The number of nitrogens with zero attached hydrogens (tertiary/aromatic N) is 3. The van der Waals surface area contributed by atoms with Crippen LogP contribution >= 0.6 is 0 Å². The molecule has 0 saturated heterocycles. The minimum Gasteiger partial charge on any atom is -0.497 e. The number of hydrogen-bond acceptors (Lipinski definition) is 6. The molecule has 9 nitrogen and oxygen atoms in total. The molecule has 0 radical (unpaired) electrons. The van der Waals surface area contributed by atoms with E-state index in [2.05, 4.69) is 9.97 Å². The third kappa shape index (κ3) is 3.52. The fraction of sp³-hybridized carbons (Fsp3) is 0.190. The average Bonchev–Trinajstić information content (AvgIpc) is 3.17. The average molecular weight is 426 g/mol. The third-order valence-corrected chi connectivity index (χ3v) is 4.85. The van der Waals surface area contributed by atoms with Gasteiger partial charge in [0.2, 0.25) is 0 Å². The standard InChI is InChI=1S/C21H19FN4O5/c1-29-15-9-4-12(16(10-15)30-2)11-25-18-17(19(27)24-20(25)28)26(21(23-18)31-3)14-7-5-13(22)6-8-14/h4-10H,11H2,1-3H3,(H,24,27,28). The molecule has 160 valence electrons. The first-order valence-electron chi connectivity index (χ1n) is 9.23. The molecule has 0 spiro atoms. The summed E-state index contributed by atoms with van der Waals surface area (Å²) in [6.45, 7) is 0.0723. The Balaban J connectivity index is 1.95. The number of rotatable bonds is 6. The second kappa shape index (κ2) is 7.98. The number of fused-ring (bicyclic) bond motifs is 1. The lowest BCUT2D eigenvalue weighted by molar-refractivity contribution is 0.375. The number of imidazole rings is 1. The molecule has 31 heavy (non-hydrogen) atoms. The Morgan fingerprint density at radius 3 is 2.39 bits per heavy atom.